The largest absolute Gasteiger partial charge is 0.393 e. The van der Waals surface area contributed by atoms with Crippen LogP contribution < -0.4 is 10.6 Å². The third kappa shape index (κ3) is 4.49. The van der Waals surface area contributed by atoms with Crippen LogP contribution in [-0.4, -0.2) is 36.2 Å². The van der Waals surface area contributed by atoms with Gasteiger partial charge in [0.2, 0.25) is 5.91 Å². The van der Waals surface area contributed by atoms with E-state index in [4.69, 9.17) is 5.11 Å². The summed E-state index contributed by atoms with van der Waals surface area (Å²) in [5.41, 5.74) is 0. The van der Waals surface area contributed by atoms with Crippen LogP contribution in [0, 0.1) is 5.92 Å². The van der Waals surface area contributed by atoms with Gasteiger partial charge in [-0.25, -0.2) is 0 Å². The molecule has 3 atom stereocenters. The van der Waals surface area contributed by atoms with Crippen LogP contribution in [0.1, 0.15) is 39.5 Å². The fourth-order valence-corrected chi connectivity index (χ4v) is 2.12. The lowest BCUT2D eigenvalue weighted by Crippen LogP contribution is -2.51. The third-order valence-corrected chi connectivity index (χ3v) is 3.15. The van der Waals surface area contributed by atoms with Crippen molar-refractivity contribution in [2.45, 2.75) is 51.7 Å². The molecule has 1 heterocycles. The zero-order chi connectivity index (χ0) is 12.0. The molecule has 94 valence electrons. The Hall–Kier alpha value is -0.610. The van der Waals surface area contributed by atoms with Crippen LogP contribution in [-0.2, 0) is 4.79 Å². The number of piperidine rings is 1. The molecule has 0 bridgehead atoms. The van der Waals surface area contributed by atoms with Gasteiger partial charge in [-0.3, -0.25) is 4.79 Å². The quantitative estimate of drug-likeness (QED) is 0.606. The molecule has 16 heavy (non-hydrogen) atoms. The number of carbonyl (C=O) groups excluding carboxylic acids is 1. The maximum Gasteiger partial charge on any atom is 0.237 e. The van der Waals surface area contributed by atoms with Gasteiger partial charge in [-0.2, -0.15) is 0 Å². The van der Waals surface area contributed by atoms with Gasteiger partial charge in [0.05, 0.1) is 12.1 Å². The minimum atomic E-state index is -0.274. The number of hydrogen-bond acceptors (Lipinski definition) is 3. The number of aliphatic hydroxyl groups is 1. The van der Waals surface area contributed by atoms with E-state index in [2.05, 4.69) is 17.6 Å². The van der Waals surface area contributed by atoms with Crippen molar-refractivity contribution in [2.75, 3.05) is 13.1 Å². The second-order valence-corrected chi connectivity index (χ2v) is 4.83. The van der Waals surface area contributed by atoms with Gasteiger partial charge in [0, 0.05) is 6.54 Å². The second-order valence-electron chi connectivity index (χ2n) is 4.83. The lowest BCUT2D eigenvalue weighted by Gasteiger charge is -2.28. The average molecular weight is 228 g/mol. The van der Waals surface area contributed by atoms with E-state index >= 15 is 0 Å². The summed E-state index contributed by atoms with van der Waals surface area (Å²) in [4.78, 5) is 11.8. The van der Waals surface area contributed by atoms with Gasteiger partial charge in [-0.05, 0) is 45.1 Å². The van der Waals surface area contributed by atoms with E-state index < -0.39 is 0 Å². The Kier molecular flexibility index (Phi) is 5.77. The Morgan fingerprint density at radius 1 is 1.62 bits per heavy atom. The molecule has 0 aromatic carbocycles. The molecule has 1 aliphatic rings. The van der Waals surface area contributed by atoms with Crippen molar-refractivity contribution in [3.05, 3.63) is 0 Å². The Morgan fingerprint density at radius 2 is 2.38 bits per heavy atom. The van der Waals surface area contributed by atoms with E-state index in [1.807, 2.05) is 0 Å². The first kappa shape index (κ1) is 13.5. The smallest absolute Gasteiger partial charge is 0.237 e. The van der Waals surface area contributed by atoms with E-state index in [0.717, 1.165) is 32.2 Å². The molecule has 0 aromatic heterocycles. The summed E-state index contributed by atoms with van der Waals surface area (Å²) in [7, 11) is 0. The monoisotopic (exact) mass is 228 g/mol. The molecule has 0 radical (unpaired) electrons. The van der Waals surface area contributed by atoms with Gasteiger partial charge in [0.1, 0.15) is 0 Å². The lowest BCUT2D eigenvalue weighted by molar-refractivity contribution is -0.124. The van der Waals surface area contributed by atoms with Gasteiger partial charge < -0.3 is 15.7 Å². The van der Waals surface area contributed by atoms with Crippen LogP contribution in [0.4, 0.5) is 0 Å². The van der Waals surface area contributed by atoms with Crippen molar-refractivity contribution in [1.82, 2.24) is 10.6 Å². The Balaban J connectivity index is 2.18. The van der Waals surface area contributed by atoms with E-state index in [9.17, 15) is 4.79 Å². The van der Waals surface area contributed by atoms with E-state index in [1.165, 1.54) is 0 Å². The van der Waals surface area contributed by atoms with E-state index in [0.29, 0.717) is 12.5 Å². The third-order valence-electron chi connectivity index (χ3n) is 3.15. The van der Waals surface area contributed by atoms with Crippen LogP contribution in [0.25, 0.3) is 0 Å². The second kappa shape index (κ2) is 6.86. The molecule has 4 heteroatoms. The topological polar surface area (TPSA) is 61.4 Å². The molecular weight excluding hydrogens is 204 g/mol. The van der Waals surface area contributed by atoms with Crippen molar-refractivity contribution >= 4 is 5.91 Å². The maximum absolute atomic E-state index is 11.8. The Bertz CT molecular complexity index is 219. The highest BCUT2D eigenvalue weighted by Gasteiger charge is 2.26. The van der Waals surface area contributed by atoms with Gasteiger partial charge in [-0.1, -0.05) is 6.92 Å². The first-order valence-electron chi connectivity index (χ1n) is 6.30. The number of carbonyl (C=O) groups is 1. The van der Waals surface area contributed by atoms with E-state index in [-0.39, 0.29) is 18.1 Å². The molecule has 0 spiro atoms. The highest BCUT2D eigenvalue weighted by atomic mass is 16.3. The maximum atomic E-state index is 11.8. The summed E-state index contributed by atoms with van der Waals surface area (Å²) in [6.45, 7) is 5.49. The number of nitrogens with one attached hydrogen (secondary N) is 2. The molecule has 1 fully saturated rings. The predicted octanol–water partition coefficient (Wildman–Crippen LogP) is 0.652. The number of aliphatic hydroxyl groups excluding tert-OH is 1. The van der Waals surface area contributed by atoms with Crippen molar-refractivity contribution in [3.8, 4) is 0 Å². The fourth-order valence-electron chi connectivity index (χ4n) is 2.12. The highest BCUT2D eigenvalue weighted by Crippen LogP contribution is 2.15. The molecular formula is C12H24N2O2. The minimum Gasteiger partial charge on any atom is -0.393 e. The first-order valence-corrected chi connectivity index (χ1v) is 6.30. The zero-order valence-electron chi connectivity index (χ0n) is 10.3. The molecule has 1 aliphatic heterocycles. The molecule has 1 rings (SSSR count). The summed E-state index contributed by atoms with van der Waals surface area (Å²) in [6.07, 6.45) is 3.59. The molecule has 4 nitrogen and oxygen atoms in total. The molecule has 3 unspecified atom stereocenters. The van der Waals surface area contributed by atoms with Crippen LogP contribution in [0.5, 0.6) is 0 Å². The SMILES string of the molecule is CC(O)CCCNC(=O)C1NCCCC1C. The number of rotatable bonds is 5. The van der Waals surface area contributed by atoms with Crippen LogP contribution >= 0.6 is 0 Å². The minimum absolute atomic E-state index is 0.0275. The van der Waals surface area contributed by atoms with E-state index in [1.54, 1.807) is 6.92 Å². The van der Waals surface area contributed by atoms with Gasteiger partial charge in [0.15, 0.2) is 0 Å². The molecule has 1 saturated heterocycles. The number of hydrogen-bond donors (Lipinski definition) is 3. The normalized spacial score (nSPS) is 27.4. The summed E-state index contributed by atoms with van der Waals surface area (Å²) in [6, 6.07) is -0.0275. The molecule has 0 aliphatic carbocycles. The Labute approximate surface area is 97.8 Å². The molecule has 3 N–H and O–H groups in total. The molecule has 0 aromatic rings. The summed E-state index contributed by atoms with van der Waals surface area (Å²) < 4.78 is 0. The summed E-state index contributed by atoms with van der Waals surface area (Å²) >= 11 is 0. The van der Waals surface area contributed by atoms with Crippen LogP contribution in [0.3, 0.4) is 0 Å². The van der Waals surface area contributed by atoms with Crippen molar-refractivity contribution < 1.29 is 9.90 Å². The summed E-state index contributed by atoms with van der Waals surface area (Å²) in [5.74, 6) is 0.531. The predicted molar refractivity (Wildman–Crippen MR) is 64.1 cm³/mol. The molecule has 0 saturated carbocycles. The number of amides is 1. The van der Waals surface area contributed by atoms with Gasteiger partial charge in [-0.15, -0.1) is 0 Å². The standard InChI is InChI=1S/C12H24N2O2/c1-9-5-3-7-13-11(9)12(16)14-8-4-6-10(2)15/h9-11,13,15H,3-8H2,1-2H3,(H,14,16). The highest BCUT2D eigenvalue weighted by molar-refractivity contribution is 5.82. The van der Waals surface area contributed by atoms with Crippen molar-refractivity contribution in [1.29, 1.82) is 0 Å². The lowest BCUT2D eigenvalue weighted by atomic mass is 9.92. The fraction of sp³-hybridized carbons (Fsp3) is 0.917. The van der Waals surface area contributed by atoms with Crippen LogP contribution in [0.2, 0.25) is 0 Å². The van der Waals surface area contributed by atoms with Crippen molar-refractivity contribution in [2.24, 2.45) is 5.92 Å². The Morgan fingerprint density at radius 3 is 3.00 bits per heavy atom. The van der Waals surface area contributed by atoms with Crippen LogP contribution in [0.15, 0.2) is 0 Å². The molecule has 1 amide bonds. The first-order chi connectivity index (χ1) is 7.61. The zero-order valence-corrected chi connectivity index (χ0v) is 10.3. The average Bonchev–Trinajstić information content (AvgIpc) is 2.24. The van der Waals surface area contributed by atoms with Crippen molar-refractivity contribution in [3.63, 3.8) is 0 Å². The van der Waals surface area contributed by atoms with Gasteiger partial charge in [0.25, 0.3) is 0 Å². The van der Waals surface area contributed by atoms with Gasteiger partial charge >= 0.3 is 0 Å². The summed E-state index contributed by atoms with van der Waals surface area (Å²) in [5, 5.41) is 15.3.